The molecule has 11 heteroatoms. The normalized spacial score (nSPS) is 14.1. The molecule has 0 radical (unpaired) electrons. The molecule has 2 amide bonds. The average molecular weight is 751 g/mol. The topological polar surface area (TPSA) is 96.0 Å². The monoisotopic (exact) mass is 749 g/mol. The lowest BCUT2D eigenvalue weighted by molar-refractivity contribution is -0.140. The van der Waals surface area contributed by atoms with Gasteiger partial charge >= 0.3 is 0 Å². The largest absolute Gasteiger partial charge is 0.496 e. The molecule has 1 atom stereocenters. The van der Waals surface area contributed by atoms with Crippen LogP contribution in [0.1, 0.15) is 48.8 Å². The van der Waals surface area contributed by atoms with E-state index in [2.05, 4.69) is 21.2 Å². The van der Waals surface area contributed by atoms with E-state index < -0.39 is 34.3 Å². The summed E-state index contributed by atoms with van der Waals surface area (Å²) in [5.74, 6) is -1.10. The highest BCUT2D eigenvalue weighted by atomic mass is 79.9. The van der Waals surface area contributed by atoms with Crippen LogP contribution in [0.3, 0.4) is 0 Å². The van der Waals surface area contributed by atoms with Crippen LogP contribution >= 0.6 is 15.9 Å². The van der Waals surface area contributed by atoms with Crippen molar-refractivity contribution in [2.45, 2.75) is 69.0 Å². The van der Waals surface area contributed by atoms with Crippen molar-refractivity contribution < 1.29 is 27.1 Å². The molecule has 8 nitrogen and oxygen atoms in total. The molecule has 0 aliphatic heterocycles. The number of methoxy groups -OCH3 is 1. The molecule has 49 heavy (non-hydrogen) atoms. The number of hydrogen-bond donors (Lipinski definition) is 1. The molecular formula is C38H41BrFN3O5S. The van der Waals surface area contributed by atoms with Gasteiger partial charge in [-0.1, -0.05) is 85.5 Å². The Balaban J connectivity index is 1.58. The molecule has 0 saturated heterocycles. The van der Waals surface area contributed by atoms with E-state index >= 15 is 4.39 Å². The van der Waals surface area contributed by atoms with Crippen LogP contribution in [0.25, 0.3) is 0 Å². The number of carbonyl (C=O) groups excluding carboxylic acids is 2. The Labute approximate surface area is 296 Å². The van der Waals surface area contributed by atoms with Gasteiger partial charge in [0.15, 0.2) is 0 Å². The van der Waals surface area contributed by atoms with Crippen molar-refractivity contribution in [3.8, 4) is 5.75 Å². The van der Waals surface area contributed by atoms with E-state index in [4.69, 9.17) is 4.74 Å². The number of rotatable bonds is 13. The summed E-state index contributed by atoms with van der Waals surface area (Å²) in [6.45, 7) is 1.01. The number of nitrogens with one attached hydrogen (secondary N) is 1. The second kappa shape index (κ2) is 16.5. The molecule has 1 fully saturated rings. The Bertz CT molecular complexity index is 1850. The lowest BCUT2D eigenvalue weighted by atomic mass is 9.94. The van der Waals surface area contributed by atoms with Crippen LogP contribution in [0.5, 0.6) is 5.75 Å². The number of sulfonamides is 1. The third-order valence-corrected chi connectivity index (χ3v) is 11.2. The SMILES string of the molecule is COc1ccc(S(=O)(=O)N(CC(=O)N(Cc2ccccc2F)[C@@H](Cc2ccccc2)C(=O)NC2CCCCC2)c2ccc(C)cc2)cc1Br. The third-order valence-electron chi connectivity index (χ3n) is 8.83. The minimum Gasteiger partial charge on any atom is -0.496 e. The molecular weight excluding hydrogens is 709 g/mol. The molecule has 0 aromatic heterocycles. The summed E-state index contributed by atoms with van der Waals surface area (Å²) in [4.78, 5) is 30.1. The molecule has 1 saturated carbocycles. The summed E-state index contributed by atoms with van der Waals surface area (Å²) in [6.07, 6.45) is 4.92. The fourth-order valence-electron chi connectivity index (χ4n) is 6.08. The summed E-state index contributed by atoms with van der Waals surface area (Å²) < 4.78 is 50.7. The Hall–Kier alpha value is -4.22. The van der Waals surface area contributed by atoms with E-state index in [9.17, 15) is 18.0 Å². The van der Waals surface area contributed by atoms with Crippen LogP contribution in [0.15, 0.2) is 106 Å². The first kappa shape index (κ1) is 36.1. The van der Waals surface area contributed by atoms with Gasteiger partial charge in [-0.05, 0) is 77.7 Å². The lowest BCUT2D eigenvalue weighted by Gasteiger charge is -2.35. The maximum Gasteiger partial charge on any atom is 0.264 e. The van der Waals surface area contributed by atoms with E-state index in [1.165, 1.54) is 36.3 Å². The number of benzene rings is 4. The molecule has 1 aliphatic rings. The average Bonchev–Trinajstić information content (AvgIpc) is 3.10. The van der Waals surface area contributed by atoms with Crippen molar-refractivity contribution in [2.75, 3.05) is 18.0 Å². The zero-order valence-corrected chi connectivity index (χ0v) is 30.1. The fourth-order valence-corrected chi connectivity index (χ4v) is 8.22. The second-order valence-electron chi connectivity index (χ2n) is 12.3. The van der Waals surface area contributed by atoms with Gasteiger partial charge in [-0.2, -0.15) is 0 Å². The maximum atomic E-state index is 15.2. The van der Waals surface area contributed by atoms with Crippen molar-refractivity contribution in [2.24, 2.45) is 0 Å². The molecule has 0 spiro atoms. The summed E-state index contributed by atoms with van der Waals surface area (Å²) in [5.41, 5.74) is 2.19. The highest BCUT2D eigenvalue weighted by Gasteiger charge is 2.36. The Morgan fingerprint density at radius 3 is 2.27 bits per heavy atom. The number of anilines is 1. The molecule has 0 heterocycles. The third kappa shape index (κ3) is 9.07. The van der Waals surface area contributed by atoms with Gasteiger partial charge in [0.05, 0.1) is 22.2 Å². The summed E-state index contributed by atoms with van der Waals surface area (Å²) >= 11 is 3.38. The number of ether oxygens (including phenoxy) is 1. The Morgan fingerprint density at radius 2 is 1.61 bits per heavy atom. The van der Waals surface area contributed by atoms with Gasteiger partial charge in [-0.15, -0.1) is 0 Å². The number of nitrogens with zero attached hydrogens (tertiary/aromatic N) is 2. The number of amides is 2. The zero-order chi connectivity index (χ0) is 35.0. The molecule has 1 aliphatic carbocycles. The van der Waals surface area contributed by atoms with E-state index in [1.807, 2.05) is 37.3 Å². The standard InChI is InChI=1S/C38H41BrFN3O5S/c1-27-17-19-31(20-18-27)43(49(46,47)32-21-22-36(48-2)33(39)24-32)26-37(44)42(25-29-13-9-10-16-34(29)40)35(23-28-11-5-3-6-12-28)38(45)41-30-14-7-4-8-15-30/h3,5-6,9-13,16-22,24,30,35H,4,7-8,14-15,23,25-26H2,1-2H3,(H,41,45)/t35-/m0/s1. The lowest BCUT2D eigenvalue weighted by Crippen LogP contribution is -2.55. The molecule has 4 aromatic rings. The van der Waals surface area contributed by atoms with Crippen molar-refractivity contribution in [1.29, 1.82) is 0 Å². The molecule has 4 aromatic carbocycles. The summed E-state index contributed by atoms with van der Waals surface area (Å²) in [7, 11) is -2.85. The highest BCUT2D eigenvalue weighted by molar-refractivity contribution is 9.10. The maximum absolute atomic E-state index is 15.2. The van der Waals surface area contributed by atoms with Crippen molar-refractivity contribution >= 4 is 43.5 Å². The number of aryl methyl sites for hydroxylation is 1. The van der Waals surface area contributed by atoms with E-state index in [0.29, 0.717) is 10.2 Å². The zero-order valence-electron chi connectivity index (χ0n) is 27.6. The van der Waals surface area contributed by atoms with E-state index in [-0.39, 0.29) is 41.1 Å². The van der Waals surface area contributed by atoms with Crippen LogP contribution in [-0.4, -0.2) is 50.9 Å². The first-order valence-corrected chi connectivity index (χ1v) is 18.6. The quantitative estimate of drug-likeness (QED) is 0.156. The second-order valence-corrected chi connectivity index (χ2v) is 15.0. The van der Waals surface area contributed by atoms with Gasteiger partial charge in [0.2, 0.25) is 11.8 Å². The minimum absolute atomic E-state index is 0.0390. The van der Waals surface area contributed by atoms with Crippen LogP contribution in [0.2, 0.25) is 0 Å². The predicted molar refractivity (Wildman–Crippen MR) is 192 cm³/mol. The highest BCUT2D eigenvalue weighted by Crippen LogP contribution is 2.31. The molecule has 5 rings (SSSR count). The molecule has 258 valence electrons. The predicted octanol–water partition coefficient (Wildman–Crippen LogP) is 7.19. The number of hydrogen-bond acceptors (Lipinski definition) is 5. The fraction of sp³-hybridized carbons (Fsp3) is 0.316. The molecule has 0 bridgehead atoms. The van der Waals surface area contributed by atoms with Gasteiger partial charge in [0, 0.05) is 24.6 Å². The van der Waals surface area contributed by atoms with Crippen LogP contribution in [0, 0.1) is 12.7 Å². The smallest absolute Gasteiger partial charge is 0.264 e. The van der Waals surface area contributed by atoms with Crippen LogP contribution < -0.4 is 14.4 Å². The Kier molecular flexibility index (Phi) is 12.1. The van der Waals surface area contributed by atoms with Crippen molar-refractivity contribution in [3.63, 3.8) is 0 Å². The molecule has 1 N–H and O–H groups in total. The first-order chi connectivity index (χ1) is 23.6. The van der Waals surface area contributed by atoms with Gasteiger partial charge in [-0.3, -0.25) is 13.9 Å². The first-order valence-electron chi connectivity index (χ1n) is 16.4. The van der Waals surface area contributed by atoms with Crippen molar-refractivity contribution in [1.82, 2.24) is 10.2 Å². The van der Waals surface area contributed by atoms with E-state index in [0.717, 1.165) is 47.5 Å². The van der Waals surface area contributed by atoms with Gasteiger partial charge in [0.1, 0.15) is 24.2 Å². The summed E-state index contributed by atoms with van der Waals surface area (Å²) in [6, 6.07) is 25.5. The van der Waals surface area contributed by atoms with Crippen LogP contribution in [0.4, 0.5) is 10.1 Å². The summed E-state index contributed by atoms with van der Waals surface area (Å²) in [5, 5.41) is 3.16. The Morgan fingerprint density at radius 1 is 0.939 bits per heavy atom. The minimum atomic E-state index is -4.33. The number of halogens is 2. The number of carbonyl (C=O) groups is 2. The van der Waals surface area contributed by atoms with Crippen LogP contribution in [-0.2, 0) is 32.6 Å². The van der Waals surface area contributed by atoms with E-state index in [1.54, 1.807) is 42.5 Å². The van der Waals surface area contributed by atoms with Gasteiger partial charge in [-0.25, -0.2) is 12.8 Å². The van der Waals surface area contributed by atoms with Gasteiger partial charge < -0.3 is 15.0 Å². The van der Waals surface area contributed by atoms with Crippen molar-refractivity contribution in [3.05, 3.63) is 124 Å². The molecule has 0 unspecified atom stereocenters. The van der Waals surface area contributed by atoms with Gasteiger partial charge in [0.25, 0.3) is 10.0 Å².